The minimum atomic E-state index is 0.521. The summed E-state index contributed by atoms with van der Waals surface area (Å²) in [6.45, 7) is 7.20. The molecule has 0 N–H and O–H groups in total. The fraction of sp³-hybridized carbons (Fsp3) is 0.357. The lowest BCUT2D eigenvalue weighted by molar-refractivity contribution is 0.0177. The Morgan fingerprint density at radius 1 is 1.05 bits per heavy atom. The third-order valence-electron chi connectivity index (χ3n) is 6.34. The van der Waals surface area contributed by atoms with Crippen LogP contribution in [-0.2, 0) is 29.2 Å². The van der Waals surface area contributed by atoms with Crippen molar-refractivity contribution < 1.29 is 14.2 Å². The largest absolute Gasteiger partial charge is 0.497 e. The maximum atomic E-state index is 5.95. The summed E-state index contributed by atoms with van der Waals surface area (Å²) < 4.78 is 18.8. The van der Waals surface area contributed by atoms with Gasteiger partial charge in [-0.25, -0.2) is 9.97 Å². The zero-order valence-electron chi connectivity index (χ0n) is 21.2. The van der Waals surface area contributed by atoms with E-state index in [-0.39, 0.29) is 0 Å². The summed E-state index contributed by atoms with van der Waals surface area (Å²) in [5.74, 6) is 0.857. The molecule has 0 aliphatic carbocycles. The van der Waals surface area contributed by atoms with E-state index in [9.17, 15) is 0 Å². The highest BCUT2D eigenvalue weighted by Crippen LogP contribution is 2.26. The summed E-state index contributed by atoms with van der Waals surface area (Å²) in [7, 11) is 1.70. The van der Waals surface area contributed by atoms with Gasteiger partial charge in [-0.15, -0.1) is 11.3 Å². The van der Waals surface area contributed by atoms with Crippen molar-refractivity contribution in [3.63, 3.8) is 0 Å². The first-order valence-corrected chi connectivity index (χ1v) is 13.4. The van der Waals surface area contributed by atoms with Gasteiger partial charge in [0.25, 0.3) is 0 Å². The van der Waals surface area contributed by atoms with E-state index in [2.05, 4.69) is 56.6 Å². The second-order valence-electron chi connectivity index (χ2n) is 8.97. The Morgan fingerprint density at radius 2 is 1.89 bits per heavy atom. The number of thiazole rings is 1. The van der Waals surface area contributed by atoms with Gasteiger partial charge in [0, 0.05) is 56.2 Å². The van der Waals surface area contributed by atoms with Crippen LogP contribution in [0.4, 0.5) is 5.13 Å². The highest BCUT2D eigenvalue weighted by atomic mass is 32.1. The molecule has 0 unspecified atom stereocenters. The standard InChI is InChI=1S/C28H33N5O3S/c1-34-27-4-2-3-24(17-27)19-33(18-23-5-7-26(8-6-23)32-10-9-29-22-32)28-30-25(21-37-28)20-36-16-13-31-11-14-35-15-12-31/h2-10,17,21-22H,11-16,18-20H2,1H3. The van der Waals surface area contributed by atoms with E-state index in [0.29, 0.717) is 13.2 Å². The average Bonchev–Trinajstić information content (AvgIpc) is 3.65. The predicted molar refractivity (Wildman–Crippen MR) is 145 cm³/mol. The van der Waals surface area contributed by atoms with Gasteiger partial charge in [0.2, 0.25) is 0 Å². The third-order valence-corrected chi connectivity index (χ3v) is 7.29. The van der Waals surface area contributed by atoms with Gasteiger partial charge in [-0.3, -0.25) is 4.90 Å². The number of hydrogen-bond donors (Lipinski definition) is 0. The normalized spacial score (nSPS) is 14.1. The van der Waals surface area contributed by atoms with E-state index in [1.54, 1.807) is 24.6 Å². The number of morpholine rings is 1. The molecule has 1 aliphatic rings. The van der Waals surface area contributed by atoms with Gasteiger partial charge >= 0.3 is 0 Å². The second kappa shape index (κ2) is 12.8. The number of imidazole rings is 1. The van der Waals surface area contributed by atoms with Crippen molar-refractivity contribution in [2.75, 3.05) is 51.5 Å². The first-order chi connectivity index (χ1) is 18.3. The van der Waals surface area contributed by atoms with Gasteiger partial charge in [-0.05, 0) is 35.4 Å². The topological polar surface area (TPSA) is 64.9 Å². The molecule has 2 aromatic heterocycles. The molecule has 0 atom stereocenters. The first-order valence-electron chi connectivity index (χ1n) is 12.5. The molecule has 194 valence electrons. The van der Waals surface area contributed by atoms with Crippen molar-refractivity contribution in [3.8, 4) is 11.4 Å². The molecular formula is C28H33N5O3S. The van der Waals surface area contributed by atoms with Gasteiger partial charge < -0.3 is 23.7 Å². The number of hydrogen-bond acceptors (Lipinski definition) is 8. The van der Waals surface area contributed by atoms with Crippen molar-refractivity contribution in [2.24, 2.45) is 0 Å². The molecule has 8 nitrogen and oxygen atoms in total. The van der Waals surface area contributed by atoms with Crippen LogP contribution >= 0.6 is 11.3 Å². The Kier molecular flexibility index (Phi) is 8.81. The predicted octanol–water partition coefficient (Wildman–Crippen LogP) is 4.39. The van der Waals surface area contributed by atoms with Crippen LogP contribution in [0.25, 0.3) is 5.69 Å². The lowest BCUT2D eigenvalue weighted by atomic mass is 10.1. The molecule has 2 aromatic carbocycles. The van der Waals surface area contributed by atoms with Crippen LogP contribution in [0.2, 0.25) is 0 Å². The van der Waals surface area contributed by atoms with E-state index < -0.39 is 0 Å². The molecular weight excluding hydrogens is 486 g/mol. The van der Waals surface area contributed by atoms with Crippen LogP contribution in [0.15, 0.2) is 72.6 Å². The van der Waals surface area contributed by atoms with E-state index in [0.717, 1.165) is 68.2 Å². The van der Waals surface area contributed by atoms with Crippen LogP contribution in [0, 0.1) is 0 Å². The quantitative estimate of drug-likeness (QED) is 0.257. The number of ether oxygens (including phenoxy) is 3. The van der Waals surface area contributed by atoms with Crippen LogP contribution in [0.5, 0.6) is 5.75 Å². The average molecular weight is 520 g/mol. The third kappa shape index (κ3) is 7.17. The van der Waals surface area contributed by atoms with Crippen LogP contribution in [0.3, 0.4) is 0 Å². The lowest BCUT2D eigenvalue weighted by Crippen LogP contribution is -2.38. The van der Waals surface area contributed by atoms with Gasteiger partial charge in [0.05, 0.1) is 45.6 Å². The molecule has 3 heterocycles. The molecule has 0 spiro atoms. The highest BCUT2D eigenvalue weighted by Gasteiger charge is 2.15. The molecule has 0 radical (unpaired) electrons. The fourth-order valence-corrected chi connectivity index (χ4v) is 5.10. The van der Waals surface area contributed by atoms with Crippen molar-refractivity contribution >= 4 is 16.5 Å². The summed E-state index contributed by atoms with van der Waals surface area (Å²) in [4.78, 5) is 13.8. The van der Waals surface area contributed by atoms with Crippen molar-refractivity contribution in [3.05, 3.63) is 89.5 Å². The molecule has 1 fully saturated rings. The monoisotopic (exact) mass is 519 g/mol. The maximum Gasteiger partial charge on any atom is 0.186 e. The van der Waals surface area contributed by atoms with Crippen molar-refractivity contribution in [1.29, 1.82) is 0 Å². The summed E-state index contributed by atoms with van der Waals surface area (Å²) in [6, 6.07) is 16.8. The fourth-order valence-electron chi connectivity index (χ4n) is 4.29. The van der Waals surface area contributed by atoms with Crippen molar-refractivity contribution in [2.45, 2.75) is 19.7 Å². The van der Waals surface area contributed by atoms with Gasteiger partial charge in [-0.2, -0.15) is 0 Å². The van der Waals surface area contributed by atoms with Crippen molar-refractivity contribution in [1.82, 2.24) is 19.4 Å². The number of benzene rings is 2. The zero-order valence-corrected chi connectivity index (χ0v) is 22.0. The molecule has 0 amide bonds. The first kappa shape index (κ1) is 25.4. The number of aromatic nitrogens is 3. The molecule has 0 bridgehead atoms. The molecule has 0 saturated carbocycles. The van der Waals surface area contributed by atoms with Crippen LogP contribution in [0.1, 0.15) is 16.8 Å². The van der Waals surface area contributed by atoms with Gasteiger partial charge in [0.15, 0.2) is 5.13 Å². The molecule has 37 heavy (non-hydrogen) atoms. The minimum Gasteiger partial charge on any atom is -0.497 e. The Morgan fingerprint density at radius 3 is 2.68 bits per heavy atom. The summed E-state index contributed by atoms with van der Waals surface area (Å²) in [6.07, 6.45) is 5.55. The lowest BCUT2D eigenvalue weighted by Gasteiger charge is -2.26. The van der Waals surface area contributed by atoms with E-state index >= 15 is 0 Å². The summed E-state index contributed by atoms with van der Waals surface area (Å²) >= 11 is 1.66. The minimum absolute atomic E-state index is 0.521. The van der Waals surface area contributed by atoms with E-state index in [1.807, 2.05) is 29.2 Å². The highest BCUT2D eigenvalue weighted by molar-refractivity contribution is 7.13. The molecule has 9 heteroatoms. The Balaban J connectivity index is 1.25. The molecule has 5 rings (SSSR count). The number of nitrogens with zero attached hydrogens (tertiary/aromatic N) is 5. The number of rotatable bonds is 12. The van der Waals surface area contributed by atoms with Gasteiger partial charge in [0.1, 0.15) is 5.75 Å². The summed E-state index contributed by atoms with van der Waals surface area (Å²) in [5, 5.41) is 3.08. The van der Waals surface area contributed by atoms with Crippen LogP contribution in [-0.4, -0.2) is 66.0 Å². The number of methoxy groups -OCH3 is 1. The smallest absolute Gasteiger partial charge is 0.186 e. The zero-order chi connectivity index (χ0) is 25.3. The Labute approximate surface area is 222 Å². The molecule has 1 aliphatic heterocycles. The van der Waals surface area contributed by atoms with Crippen LogP contribution < -0.4 is 9.64 Å². The molecule has 1 saturated heterocycles. The Bertz CT molecular complexity index is 1220. The SMILES string of the molecule is COc1cccc(CN(Cc2ccc(-n3ccnc3)cc2)c2nc(COCCN3CCOCC3)cs2)c1. The number of anilines is 1. The Hall–Kier alpha value is -3.24. The van der Waals surface area contributed by atoms with E-state index in [4.69, 9.17) is 19.2 Å². The van der Waals surface area contributed by atoms with E-state index in [1.165, 1.54) is 11.1 Å². The summed E-state index contributed by atoms with van der Waals surface area (Å²) in [5.41, 5.74) is 4.44. The maximum absolute atomic E-state index is 5.95. The second-order valence-corrected chi connectivity index (χ2v) is 9.81. The molecule has 4 aromatic rings. The van der Waals surface area contributed by atoms with Gasteiger partial charge in [-0.1, -0.05) is 24.3 Å².